The quantitative estimate of drug-likeness (QED) is 0.741. The molecular weight excluding hydrogens is 360 g/mol. The molecule has 144 valence electrons. The molecular formula is C22H27ClN2O2. The van der Waals surface area contributed by atoms with Crippen molar-refractivity contribution in [3.8, 4) is 0 Å². The maximum atomic E-state index is 13.0. The van der Waals surface area contributed by atoms with Crippen molar-refractivity contribution >= 4 is 23.4 Å². The monoisotopic (exact) mass is 386 g/mol. The highest BCUT2D eigenvalue weighted by Crippen LogP contribution is 2.18. The number of aryl methyl sites for hydroxylation is 1. The Morgan fingerprint density at radius 2 is 1.78 bits per heavy atom. The van der Waals surface area contributed by atoms with Crippen LogP contribution in [0.25, 0.3) is 0 Å². The molecule has 0 fully saturated rings. The van der Waals surface area contributed by atoms with Gasteiger partial charge < -0.3 is 10.2 Å². The number of halogens is 1. The number of rotatable bonds is 8. The molecule has 0 unspecified atom stereocenters. The van der Waals surface area contributed by atoms with Crippen LogP contribution < -0.4 is 5.32 Å². The van der Waals surface area contributed by atoms with Gasteiger partial charge in [-0.3, -0.25) is 9.59 Å². The average molecular weight is 387 g/mol. The van der Waals surface area contributed by atoms with Gasteiger partial charge in [0.2, 0.25) is 11.8 Å². The third-order valence-electron chi connectivity index (χ3n) is 4.49. The summed E-state index contributed by atoms with van der Waals surface area (Å²) in [6, 6.07) is 14.7. The molecule has 0 spiro atoms. The first-order valence-corrected chi connectivity index (χ1v) is 9.66. The molecule has 4 nitrogen and oxygen atoms in total. The molecule has 0 heterocycles. The lowest BCUT2D eigenvalue weighted by molar-refractivity contribution is -0.140. The summed E-state index contributed by atoms with van der Waals surface area (Å²) >= 11 is 6.21. The Morgan fingerprint density at radius 1 is 1.11 bits per heavy atom. The fourth-order valence-electron chi connectivity index (χ4n) is 2.77. The van der Waals surface area contributed by atoms with Crippen LogP contribution in [-0.4, -0.2) is 29.3 Å². The van der Waals surface area contributed by atoms with Crippen molar-refractivity contribution in [3.63, 3.8) is 0 Å². The zero-order valence-electron chi connectivity index (χ0n) is 16.2. The highest BCUT2D eigenvalue weighted by Gasteiger charge is 2.26. The van der Waals surface area contributed by atoms with Gasteiger partial charge in [-0.25, -0.2) is 0 Å². The zero-order chi connectivity index (χ0) is 19.8. The van der Waals surface area contributed by atoms with E-state index in [0.29, 0.717) is 18.1 Å². The van der Waals surface area contributed by atoms with Crippen LogP contribution in [0, 0.1) is 6.92 Å². The van der Waals surface area contributed by atoms with E-state index in [4.69, 9.17) is 11.6 Å². The highest BCUT2D eigenvalue weighted by atomic mass is 35.5. The maximum absolute atomic E-state index is 13.0. The molecule has 2 aromatic carbocycles. The fourth-order valence-corrected chi connectivity index (χ4v) is 2.98. The third kappa shape index (κ3) is 6.10. The number of carbonyl (C=O) groups is 2. The van der Waals surface area contributed by atoms with Gasteiger partial charge in [0.05, 0.1) is 6.42 Å². The lowest BCUT2D eigenvalue weighted by Gasteiger charge is -2.29. The molecule has 2 rings (SSSR count). The summed E-state index contributed by atoms with van der Waals surface area (Å²) in [5, 5.41) is 3.44. The molecule has 0 aromatic heterocycles. The minimum atomic E-state index is -0.562. The lowest BCUT2D eigenvalue weighted by atomic mass is 10.1. The number of benzene rings is 2. The first-order chi connectivity index (χ1) is 12.9. The van der Waals surface area contributed by atoms with E-state index in [1.807, 2.05) is 56.3 Å². The van der Waals surface area contributed by atoms with Crippen LogP contribution in [0.2, 0.25) is 5.02 Å². The van der Waals surface area contributed by atoms with E-state index < -0.39 is 6.04 Å². The van der Waals surface area contributed by atoms with Crippen LogP contribution >= 0.6 is 11.6 Å². The second-order valence-corrected chi connectivity index (χ2v) is 7.15. The van der Waals surface area contributed by atoms with E-state index >= 15 is 0 Å². The van der Waals surface area contributed by atoms with Gasteiger partial charge in [-0.05, 0) is 37.5 Å². The Hall–Kier alpha value is -2.33. The molecule has 0 bridgehead atoms. The van der Waals surface area contributed by atoms with E-state index in [1.165, 1.54) is 0 Å². The second kappa shape index (κ2) is 10.1. The van der Waals surface area contributed by atoms with Gasteiger partial charge >= 0.3 is 0 Å². The van der Waals surface area contributed by atoms with Crippen molar-refractivity contribution < 1.29 is 9.59 Å². The lowest BCUT2D eigenvalue weighted by Crippen LogP contribution is -2.48. The minimum absolute atomic E-state index is 0.122. The van der Waals surface area contributed by atoms with Crippen molar-refractivity contribution in [1.82, 2.24) is 10.2 Å². The molecule has 27 heavy (non-hydrogen) atoms. The van der Waals surface area contributed by atoms with Crippen LogP contribution in [0.3, 0.4) is 0 Å². The summed E-state index contributed by atoms with van der Waals surface area (Å²) in [5.41, 5.74) is 2.91. The smallest absolute Gasteiger partial charge is 0.242 e. The first kappa shape index (κ1) is 21.0. The molecule has 5 heteroatoms. The molecule has 1 N–H and O–H groups in total. The van der Waals surface area contributed by atoms with Crippen LogP contribution in [0.15, 0.2) is 48.5 Å². The Bertz CT molecular complexity index is 774. The Morgan fingerprint density at radius 3 is 2.41 bits per heavy atom. The molecule has 0 aliphatic carbocycles. The van der Waals surface area contributed by atoms with Crippen molar-refractivity contribution in [2.75, 3.05) is 6.54 Å². The normalized spacial score (nSPS) is 11.7. The van der Waals surface area contributed by atoms with E-state index in [9.17, 15) is 9.59 Å². The van der Waals surface area contributed by atoms with E-state index in [1.54, 1.807) is 17.9 Å². The molecule has 1 atom stereocenters. The van der Waals surface area contributed by atoms with Crippen LogP contribution in [0.4, 0.5) is 0 Å². The van der Waals surface area contributed by atoms with E-state index in [-0.39, 0.29) is 18.2 Å². The summed E-state index contributed by atoms with van der Waals surface area (Å²) in [7, 11) is 0. The maximum Gasteiger partial charge on any atom is 0.242 e. The van der Waals surface area contributed by atoms with Crippen LogP contribution in [0.5, 0.6) is 0 Å². The summed E-state index contributed by atoms with van der Waals surface area (Å²) in [6.07, 6.45) is 1.01. The van der Waals surface area contributed by atoms with Crippen LogP contribution in [-0.2, 0) is 22.6 Å². The summed E-state index contributed by atoms with van der Waals surface area (Å²) < 4.78 is 0. The summed E-state index contributed by atoms with van der Waals surface area (Å²) in [4.78, 5) is 27.1. The van der Waals surface area contributed by atoms with E-state index in [2.05, 4.69) is 5.32 Å². The topological polar surface area (TPSA) is 49.4 Å². The standard InChI is InChI=1S/C22H27ClN2O2/c1-4-13-24-22(27)17(3)25(15-18-11-9-16(2)10-12-18)21(26)14-19-7-5-6-8-20(19)23/h5-12,17H,4,13-15H2,1-3H3,(H,24,27)/t17-/m0/s1. The Kier molecular flexibility index (Phi) is 7.86. The number of nitrogens with zero attached hydrogens (tertiary/aromatic N) is 1. The fraction of sp³-hybridized carbons (Fsp3) is 0.364. The molecule has 0 aliphatic rings. The minimum Gasteiger partial charge on any atom is -0.354 e. The number of hydrogen-bond acceptors (Lipinski definition) is 2. The molecule has 0 radical (unpaired) electrons. The van der Waals surface area contributed by atoms with Gasteiger partial charge in [0.1, 0.15) is 6.04 Å². The van der Waals surface area contributed by atoms with E-state index in [0.717, 1.165) is 23.1 Å². The van der Waals surface area contributed by atoms with Gasteiger partial charge in [0.25, 0.3) is 0 Å². The predicted octanol–water partition coefficient (Wildman–Crippen LogP) is 4.13. The van der Waals surface area contributed by atoms with Gasteiger partial charge in [-0.1, -0.05) is 66.6 Å². The second-order valence-electron chi connectivity index (χ2n) is 6.74. The van der Waals surface area contributed by atoms with Gasteiger partial charge in [0, 0.05) is 18.1 Å². The van der Waals surface area contributed by atoms with Crippen molar-refractivity contribution in [2.45, 2.75) is 46.2 Å². The summed E-state index contributed by atoms with van der Waals surface area (Å²) in [5.74, 6) is -0.265. The number of amides is 2. The van der Waals surface area contributed by atoms with Gasteiger partial charge in [0.15, 0.2) is 0 Å². The summed E-state index contributed by atoms with van der Waals surface area (Å²) in [6.45, 7) is 6.76. The third-order valence-corrected chi connectivity index (χ3v) is 4.86. The largest absolute Gasteiger partial charge is 0.354 e. The van der Waals surface area contributed by atoms with Crippen LogP contribution in [0.1, 0.15) is 37.0 Å². The van der Waals surface area contributed by atoms with Crippen molar-refractivity contribution in [1.29, 1.82) is 0 Å². The molecule has 0 saturated carbocycles. The molecule has 2 aromatic rings. The Balaban J connectivity index is 2.21. The number of carbonyl (C=O) groups excluding carboxylic acids is 2. The Labute approximate surface area is 166 Å². The SMILES string of the molecule is CCCNC(=O)[C@H](C)N(Cc1ccc(C)cc1)C(=O)Cc1ccccc1Cl. The molecule has 0 saturated heterocycles. The highest BCUT2D eigenvalue weighted by molar-refractivity contribution is 6.31. The average Bonchev–Trinajstić information content (AvgIpc) is 2.66. The predicted molar refractivity (Wildman–Crippen MR) is 110 cm³/mol. The first-order valence-electron chi connectivity index (χ1n) is 9.28. The van der Waals surface area contributed by atoms with Crippen molar-refractivity contribution in [3.05, 3.63) is 70.2 Å². The number of hydrogen-bond donors (Lipinski definition) is 1. The number of nitrogens with one attached hydrogen (secondary N) is 1. The molecule has 2 amide bonds. The zero-order valence-corrected chi connectivity index (χ0v) is 16.9. The molecule has 0 aliphatic heterocycles. The van der Waals surface area contributed by atoms with Crippen molar-refractivity contribution in [2.24, 2.45) is 0 Å². The van der Waals surface area contributed by atoms with Gasteiger partial charge in [-0.2, -0.15) is 0 Å². The van der Waals surface area contributed by atoms with Gasteiger partial charge in [-0.15, -0.1) is 0 Å².